The molecule has 0 fully saturated rings. The minimum atomic E-state index is -0.279. The van der Waals surface area contributed by atoms with Gasteiger partial charge in [0.2, 0.25) is 0 Å². The van der Waals surface area contributed by atoms with Gasteiger partial charge >= 0.3 is 0 Å². The van der Waals surface area contributed by atoms with Crippen molar-refractivity contribution in [2.45, 2.75) is 0 Å². The normalized spacial score (nSPS) is 11.2. The molecule has 0 spiro atoms. The third-order valence-corrected chi connectivity index (χ3v) is 3.74. The molecule has 2 aromatic heterocycles. The lowest BCUT2D eigenvalue weighted by Gasteiger charge is -2.00. The van der Waals surface area contributed by atoms with Crippen LogP contribution in [-0.2, 0) is 7.05 Å². The molecule has 110 valence electrons. The summed E-state index contributed by atoms with van der Waals surface area (Å²) in [6, 6.07) is 6.37. The number of nitrogens with zero attached hydrogens (tertiary/aromatic N) is 4. The van der Waals surface area contributed by atoms with E-state index in [0.29, 0.717) is 10.3 Å². The monoisotopic (exact) mass is 358 g/mol. The van der Waals surface area contributed by atoms with Crippen molar-refractivity contribution in [2.75, 3.05) is 0 Å². The Balaban J connectivity index is 1.88. The van der Waals surface area contributed by atoms with Gasteiger partial charge in [-0.2, -0.15) is 5.10 Å². The van der Waals surface area contributed by atoms with Crippen LogP contribution < -0.4 is 0 Å². The molecule has 0 unspecified atom stereocenters. The van der Waals surface area contributed by atoms with Crippen molar-refractivity contribution in [3.63, 3.8) is 0 Å². The molecule has 0 aliphatic rings. The van der Waals surface area contributed by atoms with Crippen LogP contribution in [0.25, 0.3) is 23.4 Å². The molecule has 3 rings (SSSR count). The Labute approximate surface area is 135 Å². The van der Waals surface area contributed by atoms with Crippen LogP contribution in [0.2, 0.25) is 0 Å². The van der Waals surface area contributed by atoms with Crippen LogP contribution in [-0.4, -0.2) is 19.7 Å². The van der Waals surface area contributed by atoms with E-state index in [2.05, 4.69) is 31.0 Å². The molecular formula is C16H12BrFN4. The number of aryl methyl sites for hydroxylation is 1. The summed E-state index contributed by atoms with van der Waals surface area (Å²) in [7, 11) is 1.86. The maximum Gasteiger partial charge on any atom is 0.152 e. The summed E-state index contributed by atoms with van der Waals surface area (Å²) in [5, 5.41) is 4.13. The predicted octanol–water partition coefficient (Wildman–Crippen LogP) is 3.95. The standard InChI is InChI=1S/C16H12BrFN4/c1-22-10-12(9-20-22)15-6-7-19-16(21-15)5-3-11-2-4-13(18)8-14(11)17/h2-10H,1H3. The van der Waals surface area contributed by atoms with Crippen molar-refractivity contribution >= 4 is 28.1 Å². The van der Waals surface area contributed by atoms with E-state index in [-0.39, 0.29) is 5.82 Å². The molecule has 0 aliphatic carbocycles. The van der Waals surface area contributed by atoms with Gasteiger partial charge in [-0.1, -0.05) is 28.1 Å². The minimum absolute atomic E-state index is 0.279. The fourth-order valence-electron chi connectivity index (χ4n) is 1.97. The summed E-state index contributed by atoms with van der Waals surface area (Å²) < 4.78 is 15.5. The number of hydrogen-bond acceptors (Lipinski definition) is 3. The first-order chi connectivity index (χ1) is 10.6. The Kier molecular flexibility index (Phi) is 4.11. The van der Waals surface area contributed by atoms with Gasteiger partial charge in [0.15, 0.2) is 5.82 Å². The zero-order valence-electron chi connectivity index (χ0n) is 11.7. The number of aromatic nitrogens is 4. The fraction of sp³-hybridized carbons (Fsp3) is 0.0625. The molecule has 2 heterocycles. The summed E-state index contributed by atoms with van der Waals surface area (Å²) in [5.41, 5.74) is 2.60. The summed E-state index contributed by atoms with van der Waals surface area (Å²) in [6.45, 7) is 0. The van der Waals surface area contributed by atoms with Crippen molar-refractivity contribution in [2.24, 2.45) is 7.05 Å². The summed E-state index contributed by atoms with van der Waals surface area (Å²) >= 11 is 3.33. The third kappa shape index (κ3) is 3.28. The summed E-state index contributed by atoms with van der Waals surface area (Å²) in [4.78, 5) is 8.70. The topological polar surface area (TPSA) is 43.6 Å². The summed E-state index contributed by atoms with van der Waals surface area (Å²) in [5.74, 6) is 0.302. The van der Waals surface area contributed by atoms with Gasteiger partial charge in [0.25, 0.3) is 0 Å². The van der Waals surface area contributed by atoms with E-state index in [1.54, 1.807) is 29.2 Å². The van der Waals surface area contributed by atoms with Gasteiger partial charge in [0, 0.05) is 29.5 Å². The fourth-order valence-corrected chi connectivity index (χ4v) is 2.45. The van der Waals surface area contributed by atoms with Gasteiger partial charge in [-0.05, 0) is 29.8 Å². The van der Waals surface area contributed by atoms with Crippen molar-refractivity contribution in [3.05, 3.63) is 64.5 Å². The lowest BCUT2D eigenvalue weighted by Crippen LogP contribution is -1.90. The van der Waals surface area contributed by atoms with Crippen molar-refractivity contribution in [1.29, 1.82) is 0 Å². The van der Waals surface area contributed by atoms with Crippen molar-refractivity contribution in [1.82, 2.24) is 19.7 Å². The second kappa shape index (κ2) is 6.19. The summed E-state index contributed by atoms with van der Waals surface area (Å²) in [6.07, 6.45) is 8.98. The highest BCUT2D eigenvalue weighted by Crippen LogP contribution is 2.20. The Morgan fingerprint density at radius 1 is 1.23 bits per heavy atom. The van der Waals surface area contributed by atoms with E-state index >= 15 is 0 Å². The van der Waals surface area contributed by atoms with Crippen LogP contribution in [0.5, 0.6) is 0 Å². The lowest BCUT2D eigenvalue weighted by molar-refractivity contribution is 0.627. The van der Waals surface area contributed by atoms with Crippen LogP contribution >= 0.6 is 15.9 Å². The van der Waals surface area contributed by atoms with Crippen molar-refractivity contribution in [3.8, 4) is 11.3 Å². The molecule has 0 saturated carbocycles. The molecule has 4 nitrogen and oxygen atoms in total. The Morgan fingerprint density at radius 3 is 2.82 bits per heavy atom. The van der Waals surface area contributed by atoms with Gasteiger partial charge in [0.1, 0.15) is 5.82 Å². The number of benzene rings is 1. The molecule has 0 atom stereocenters. The van der Waals surface area contributed by atoms with Crippen molar-refractivity contribution < 1.29 is 4.39 Å². The molecule has 22 heavy (non-hydrogen) atoms. The molecule has 6 heteroatoms. The zero-order valence-corrected chi connectivity index (χ0v) is 13.3. The van der Waals surface area contributed by atoms with Crippen LogP contribution in [0.4, 0.5) is 4.39 Å². The average Bonchev–Trinajstić information content (AvgIpc) is 2.93. The molecule has 0 radical (unpaired) electrons. The van der Waals surface area contributed by atoms with E-state index in [9.17, 15) is 4.39 Å². The molecule has 1 aromatic carbocycles. The Bertz CT molecular complexity index is 842. The molecule has 0 amide bonds. The van der Waals surface area contributed by atoms with E-state index < -0.39 is 0 Å². The second-order valence-corrected chi connectivity index (χ2v) is 5.56. The van der Waals surface area contributed by atoms with Crippen LogP contribution in [0, 0.1) is 5.82 Å². The average molecular weight is 359 g/mol. The highest BCUT2D eigenvalue weighted by atomic mass is 79.9. The number of hydrogen-bond donors (Lipinski definition) is 0. The van der Waals surface area contributed by atoms with Gasteiger partial charge in [-0.3, -0.25) is 4.68 Å². The minimum Gasteiger partial charge on any atom is -0.275 e. The predicted molar refractivity (Wildman–Crippen MR) is 87.3 cm³/mol. The van der Waals surface area contributed by atoms with Crippen LogP contribution in [0.3, 0.4) is 0 Å². The molecular weight excluding hydrogens is 347 g/mol. The SMILES string of the molecule is Cn1cc(-c2ccnc(C=Cc3ccc(F)cc3Br)n2)cn1. The van der Waals surface area contributed by atoms with Gasteiger partial charge < -0.3 is 0 Å². The number of halogens is 2. The maximum absolute atomic E-state index is 13.1. The van der Waals surface area contributed by atoms with E-state index in [4.69, 9.17) is 0 Å². The molecule has 0 N–H and O–H groups in total. The van der Waals surface area contributed by atoms with E-state index in [1.165, 1.54) is 12.1 Å². The zero-order chi connectivity index (χ0) is 15.5. The van der Waals surface area contributed by atoms with Gasteiger partial charge in [-0.25, -0.2) is 14.4 Å². The Morgan fingerprint density at radius 2 is 2.09 bits per heavy atom. The van der Waals surface area contributed by atoms with E-state index in [0.717, 1.165) is 16.8 Å². The first-order valence-corrected chi connectivity index (χ1v) is 7.36. The maximum atomic E-state index is 13.1. The third-order valence-electron chi connectivity index (χ3n) is 3.05. The molecule has 0 bridgehead atoms. The Hall–Kier alpha value is -2.34. The van der Waals surface area contributed by atoms with Gasteiger partial charge in [0.05, 0.1) is 11.9 Å². The number of rotatable bonds is 3. The smallest absolute Gasteiger partial charge is 0.152 e. The van der Waals surface area contributed by atoms with Crippen LogP contribution in [0.1, 0.15) is 11.4 Å². The highest BCUT2D eigenvalue weighted by Gasteiger charge is 2.03. The molecule has 3 aromatic rings. The van der Waals surface area contributed by atoms with Gasteiger partial charge in [-0.15, -0.1) is 0 Å². The molecule has 0 saturated heterocycles. The van der Waals surface area contributed by atoms with Crippen LogP contribution in [0.15, 0.2) is 47.3 Å². The second-order valence-electron chi connectivity index (χ2n) is 4.70. The molecule has 0 aliphatic heterocycles. The van der Waals surface area contributed by atoms with E-state index in [1.807, 2.05) is 25.4 Å². The highest BCUT2D eigenvalue weighted by molar-refractivity contribution is 9.10. The first-order valence-electron chi connectivity index (χ1n) is 6.57. The quantitative estimate of drug-likeness (QED) is 0.711. The first kappa shape index (κ1) is 14.6. The largest absolute Gasteiger partial charge is 0.275 e. The lowest BCUT2D eigenvalue weighted by atomic mass is 10.2.